The molecule has 0 aromatic heterocycles. The van der Waals surface area contributed by atoms with Gasteiger partial charge in [0.15, 0.2) is 0 Å². The Hall–Kier alpha value is -1.95. The second kappa shape index (κ2) is 4.97. The Labute approximate surface area is 111 Å². The lowest BCUT2D eigenvalue weighted by Gasteiger charge is -2.17. The standard InChI is InChI=1S/C13H17N3O3/c1-8-4-3-5-11(16(18)19)12(8)13(17)15-6-9(2)10(14)7-15/h3-5,9-10H,6-7,14H2,1-2H3. The molecule has 2 rings (SSSR count). The molecule has 6 nitrogen and oxygen atoms in total. The molecule has 0 radical (unpaired) electrons. The first-order valence-electron chi connectivity index (χ1n) is 6.20. The van der Waals surface area contributed by atoms with Gasteiger partial charge >= 0.3 is 0 Å². The van der Waals surface area contributed by atoms with Crippen LogP contribution in [0.5, 0.6) is 0 Å². The van der Waals surface area contributed by atoms with E-state index in [1.54, 1.807) is 24.0 Å². The van der Waals surface area contributed by atoms with Crippen LogP contribution in [-0.2, 0) is 0 Å². The number of nitro groups is 1. The van der Waals surface area contributed by atoms with Crippen molar-refractivity contribution in [1.82, 2.24) is 4.90 Å². The van der Waals surface area contributed by atoms with Crippen LogP contribution in [0.1, 0.15) is 22.8 Å². The number of rotatable bonds is 2. The molecule has 0 aliphatic carbocycles. The van der Waals surface area contributed by atoms with Crippen molar-refractivity contribution in [3.05, 3.63) is 39.4 Å². The van der Waals surface area contributed by atoms with Crippen LogP contribution in [0.25, 0.3) is 0 Å². The van der Waals surface area contributed by atoms with Crippen molar-refractivity contribution in [3.8, 4) is 0 Å². The molecule has 1 saturated heterocycles. The summed E-state index contributed by atoms with van der Waals surface area (Å²) in [5.41, 5.74) is 6.54. The summed E-state index contributed by atoms with van der Waals surface area (Å²) in [6.07, 6.45) is 0. The molecule has 1 heterocycles. The molecule has 1 aliphatic heterocycles. The van der Waals surface area contributed by atoms with Gasteiger partial charge in [0, 0.05) is 25.2 Å². The van der Waals surface area contributed by atoms with Crippen molar-refractivity contribution in [2.24, 2.45) is 11.7 Å². The monoisotopic (exact) mass is 263 g/mol. The Kier molecular flexibility index (Phi) is 3.53. The van der Waals surface area contributed by atoms with Crippen LogP contribution in [0.4, 0.5) is 5.69 Å². The van der Waals surface area contributed by atoms with Gasteiger partial charge in [0.25, 0.3) is 11.6 Å². The summed E-state index contributed by atoms with van der Waals surface area (Å²) in [4.78, 5) is 24.6. The zero-order chi connectivity index (χ0) is 14.2. The highest BCUT2D eigenvalue weighted by atomic mass is 16.6. The third-order valence-electron chi connectivity index (χ3n) is 3.62. The number of amides is 1. The second-order valence-electron chi connectivity index (χ2n) is 5.08. The molecule has 1 aromatic carbocycles. The Balaban J connectivity index is 2.37. The molecule has 0 saturated carbocycles. The molecule has 1 fully saturated rings. The Bertz CT molecular complexity index is 520. The van der Waals surface area contributed by atoms with E-state index in [0.29, 0.717) is 18.7 Å². The van der Waals surface area contributed by atoms with Crippen LogP contribution in [0.3, 0.4) is 0 Å². The summed E-state index contributed by atoms with van der Waals surface area (Å²) >= 11 is 0. The van der Waals surface area contributed by atoms with E-state index in [1.807, 2.05) is 6.92 Å². The molecule has 102 valence electrons. The fraction of sp³-hybridized carbons (Fsp3) is 0.462. The van der Waals surface area contributed by atoms with Gasteiger partial charge in [0.05, 0.1) is 4.92 Å². The van der Waals surface area contributed by atoms with Crippen LogP contribution >= 0.6 is 0 Å². The summed E-state index contributed by atoms with van der Waals surface area (Å²) < 4.78 is 0. The van der Waals surface area contributed by atoms with Gasteiger partial charge in [-0.1, -0.05) is 19.1 Å². The molecule has 1 aromatic rings. The zero-order valence-electron chi connectivity index (χ0n) is 11.0. The van der Waals surface area contributed by atoms with E-state index in [1.165, 1.54) is 6.07 Å². The highest BCUT2D eigenvalue weighted by Gasteiger charge is 2.33. The Morgan fingerprint density at radius 3 is 2.68 bits per heavy atom. The van der Waals surface area contributed by atoms with E-state index in [9.17, 15) is 14.9 Å². The predicted molar refractivity (Wildman–Crippen MR) is 70.9 cm³/mol. The Morgan fingerprint density at radius 2 is 2.16 bits per heavy atom. The molecule has 2 unspecified atom stereocenters. The number of nitro benzene ring substituents is 1. The van der Waals surface area contributed by atoms with Crippen LogP contribution in [0.15, 0.2) is 18.2 Å². The van der Waals surface area contributed by atoms with Gasteiger partial charge in [0.2, 0.25) is 0 Å². The molecule has 6 heteroatoms. The predicted octanol–water partition coefficient (Wildman–Crippen LogP) is 1.32. The molecule has 19 heavy (non-hydrogen) atoms. The summed E-state index contributed by atoms with van der Waals surface area (Å²) in [5, 5.41) is 11.0. The number of aryl methyl sites for hydroxylation is 1. The zero-order valence-corrected chi connectivity index (χ0v) is 11.0. The van der Waals surface area contributed by atoms with Gasteiger partial charge in [-0.2, -0.15) is 0 Å². The van der Waals surface area contributed by atoms with Gasteiger partial charge in [0.1, 0.15) is 5.56 Å². The first kappa shape index (κ1) is 13.5. The highest BCUT2D eigenvalue weighted by molar-refractivity contribution is 5.99. The maximum Gasteiger partial charge on any atom is 0.282 e. The number of benzene rings is 1. The van der Waals surface area contributed by atoms with Crippen LogP contribution in [-0.4, -0.2) is 34.9 Å². The number of carbonyl (C=O) groups excluding carboxylic acids is 1. The third kappa shape index (κ3) is 2.44. The van der Waals surface area contributed by atoms with E-state index < -0.39 is 4.92 Å². The smallest absolute Gasteiger partial charge is 0.282 e. The molecular weight excluding hydrogens is 246 g/mol. The van der Waals surface area contributed by atoms with Crippen molar-refractivity contribution in [2.75, 3.05) is 13.1 Å². The van der Waals surface area contributed by atoms with Crippen molar-refractivity contribution in [3.63, 3.8) is 0 Å². The Morgan fingerprint density at radius 1 is 1.47 bits per heavy atom. The van der Waals surface area contributed by atoms with Crippen molar-refractivity contribution >= 4 is 11.6 Å². The molecule has 1 aliphatic rings. The minimum absolute atomic E-state index is 0.0629. The van der Waals surface area contributed by atoms with Crippen LogP contribution in [0.2, 0.25) is 0 Å². The normalized spacial score (nSPS) is 22.6. The molecule has 0 spiro atoms. The average Bonchev–Trinajstić information content (AvgIpc) is 2.68. The second-order valence-corrected chi connectivity index (χ2v) is 5.08. The summed E-state index contributed by atoms with van der Waals surface area (Å²) in [6, 6.07) is 4.59. The van der Waals surface area contributed by atoms with Crippen molar-refractivity contribution < 1.29 is 9.72 Å². The van der Waals surface area contributed by atoms with Gasteiger partial charge in [-0.3, -0.25) is 14.9 Å². The number of hydrogen-bond acceptors (Lipinski definition) is 4. The molecule has 2 atom stereocenters. The van der Waals surface area contributed by atoms with E-state index in [2.05, 4.69) is 0 Å². The lowest BCUT2D eigenvalue weighted by atomic mass is 10.1. The summed E-state index contributed by atoms with van der Waals surface area (Å²) in [7, 11) is 0. The van der Waals surface area contributed by atoms with E-state index in [0.717, 1.165) is 0 Å². The van der Waals surface area contributed by atoms with Crippen molar-refractivity contribution in [2.45, 2.75) is 19.9 Å². The molecule has 2 N–H and O–H groups in total. The van der Waals surface area contributed by atoms with Crippen LogP contribution in [0, 0.1) is 23.0 Å². The lowest BCUT2D eigenvalue weighted by Crippen LogP contribution is -2.32. The fourth-order valence-corrected chi connectivity index (χ4v) is 2.40. The number of likely N-dealkylation sites (tertiary alicyclic amines) is 1. The van der Waals surface area contributed by atoms with E-state index >= 15 is 0 Å². The summed E-state index contributed by atoms with van der Waals surface area (Å²) in [6.45, 7) is 4.68. The van der Waals surface area contributed by atoms with Crippen LogP contribution < -0.4 is 5.73 Å². The fourth-order valence-electron chi connectivity index (χ4n) is 2.40. The lowest BCUT2D eigenvalue weighted by molar-refractivity contribution is -0.385. The largest absolute Gasteiger partial charge is 0.337 e. The first-order valence-corrected chi connectivity index (χ1v) is 6.20. The maximum absolute atomic E-state index is 12.5. The highest BCUT2D eigenvalue weighted by Crippen LogP contribution is 2.26. The van der Waals surface area contributed by atoms with Crippen molar-refractivity contribution in [1.29, 1.82) is 0 Å². The first-order chi connectivity index (χ1) is 8.91. The number of hydrogen-bond donors (Lipinski definition) is 1. The average molecular weight is 263 g/mol. The van der Waals surface area contributed by atoms with Gasteiger partial charge < -0.3 is 10.6 Å². The molecular formula is C13H17N3O3. The van der Waals surface area contributed by atoms with Gasteiger partial charge in [-0.15, -0.1) is 0 Å². The summed E-state index contributed by atoms with van der Waals surface area (Å²) in [5.74, 6) is -0.0865. The number of nitrogens with two attached hydrogens (primary N) is 1. The van der Waals surface area contributed by atoms with E-state index in [4.69, 9.17) is 5.73 Å². The third-order valence-corrected chi connectivity index (χ3v) is 3.62. The maximum atomic E-state index is 12.5. The van der Waals surface area contributed by atoms with Gasteiger partial charge in [-0.25, -0.2) is 0 Å². The number of nitrogens with zero attached hydrogens (tertiary/aromatic N) is 2. The minimum Gasteiger partial charge on any atom is -0.337 e. The van der Waals surface area contributed by atoms with Gasteiger partial charge in [-0.05, 0) is 18.4 Å². The van der Waals surface area contributed by atoms with E-state index in [-0.39, 0.29) is 29.1 Å². The SMILES string of the molecule is Cc1cccc([N+](=O)[O-])c1C(=O)N1CC(C)C(N)C1. The molecule has 0 bridgehead atoms. The topological polar surface area (TPSA) is 89.5 Å². The quantitative estimate of drug-likeness (QED) is 0.643. The minimum atomic E-state index is -0.514. The number of carbonyl (C=O) groups is 1. The molecule has 1 amide bonds.